The molecule has 2 rings (SSSR count). The zero-order valence-corrected chi connectivity index (χ0v) is 17.7. The lowest BCUT2D eigenvalue weighted by atomic mass is 10.1. The van der Waals surface area contributed by atoms with Crippen molar-refractivity contribution in [2.45, 2.75) is 58.3 Å². The Balaban J connectivity index is 1.95. The maximum absolute atomic E-state index is 12.7. The van der Waals surface area contributed by atoms with Crippen molar-refractivity contribution < 1.29 is 23.9 Å². The fourth-order valence-corrected chi connectivity index (χ4v) is 2.75. The predicted octanol–water partition coefficient (Wildman–Crippen LogP) is 3.58. The molecule has 30 heavy (non-hydrogen) atoms. The quantitative estimate of drug-likeness (QED) is 0.638. The SMILES string of the molecule is CC(C)(C)OC(=O)CCC(=O)NC(Cc1ccccc1)C(=O)OCc1ccccc1. The number of ether oxygens (including phenoxy) is 2. The first-order chi connectivity index (χ1) is 14.2. The standard InChI is InChI=1S/C24H29NO5/c1-24(2,3)30-22(27)15-14-21(26)25-20(16-18-10-6-4-7-11-18)23(28)29-17-19-12-8-5-9-13-19/h4-13,20H,14-17H2,1-3H3,(H,25,26). The maximum atomic E-state index is 12.7. The highest BCUT2D eigenvalue weighted by molar-refractivity contribution is 5.86. The molecule has 1 unspecified atom stereocenters. The minimum Gasteiger partial charge on any atom is -0.460 e. The molecule has 1 atom stereocenters. The van der Waals surface area contributed by atoms with Gasteiger partial charge in [-0.25, -0.2) is 4.79 Å². The number of nitrogens with one attached hydrogen (secondary N) is 1. The molecule has 2 aromatic rings. The van der Waals surface area contributed by atoms with Crippen LogP contribution in [-0.2, 0) is 36.9 Å². The minimum absolute atomic E-state index is 0.0553. The van der Waals surface area contributed by atoms with Gasteiger partial charge in [-0.05, 0) is 31.9 Å². The molecule has 0 heterocycles. The molecule has 1 N–H and O–H groups in total. The third-order valence-electron chi connectivity index (χ3n) is 4.10. The van der Waals surface area contributed by atoms with Crippen molar-refractivity contribution in [3.8, 4) is 0 Å². The molecule has 0 fully saturated rings. The fourth-order valence-electron chi connectivity index (χ4n) is 2.75. The largest absolute Gasteiger partial charge is 0.460 e. The van der Waals surface area contributed by atoms with Gasteiger partial charge in [0, 0.05) is 12.8 Å². The van der Waals surface area contributed by atoms with Gasteiger partial charge in [0.05, 0.1) is 6.42 Å². The van der Waals surface area contributed by atoms with Gasteiger partial charge in [0.25, 0.3) is 0 Å². The van der Waals surface area contributed by atoms with Crippen LogP contribution in [0, 0.1) is 0 Å². The summed E-state index contributed by atoms with van der Waals surface area (Å²) >= 11 is 0. The van der Waals surface area contributed by atoms with Crippen molar-refractivity contribution >= 4 is 17.8 Å². The molecule has 0 radical (unpaired) electrons. The Kier molecular flexibility index (Phi) is 8.59. The number of carbonyl (C=O) groups excluding carboxylic acids is 3. The minimum atomic E-state index is -0.845. The number of carbonyl (C=O) groups is 3. The van der Waals surface area contributed by atoms with Crippen LogP contribution >= 0.6 is 0 Å². The van der Waals surface area contributed by atoms with E-state index in [1.807, 2.05) is 60.7 Å². The predicted molar refractivity (Wildman–Crippen MR) is 113 cm³/mol. The van der Waals surface area contributed by atoms with E-state index in [2.05, 4.69) is 5.32 Å². The van der Waals surface area contributed by atoms with Crippen molar-refractivity contribution in [1.82, 2.24) is 5.32 Å². The van der Waals surface area contributed by atoms with Gasteiger partial charge in [-0.2, -0.15) is 0 Å². The second-order valence-corrected chi connectivity index (χ2v) is 7.99. The van der Waals surface area contributed by atoms with Crippen LogP contribution in [0.25, 0.3) is 0 Å². The summed E-state index contributed by atoms with van der Waals surface area (Å²) in [4.78, 5) is 36.9. The second kappa shape index (κ2) is 11.1. The summed E-state index contributed by atoms with van der Waals surface area (Å²) in [5.74, 6) is -1.38. The summed E-state index contributed by atoms with van der Waals surface area (Å²) in [5, 5.41) is 2.70. The summed E-state index contributed by atoms with van der Waals surface area (Å²) in [6, 6.07) is 17.9. The Bertz CT molecular complexity index is 828. The van der Waals surface area contributed by atoms with Crippen LogP contribution in [0.5, 0.6) is 0 Å². The summed E-state index contributed by atoms with van der Waals surface area (Å²) in [6.07, 6.45) is 0.180. The highest BCUT2D eigenvalue weighted by atomic mass is 16.6. The molecule has 1 amide bonds. The monoisotopic (exact) mass is 411 g/mol. The average molecular weight is 411 g/mol. The highest BCUT2D eigenvalue weighted by Crippen LogP contribution is 2.10. The molecule has 160 valence electrons. The van der Waals surface area contributed by atoms with Gasteiger partial charge in [0.15, 0.2) is 0 Å². The van der Waals surface area contributed by atoms with E-state index in [1.54, 1.807) is 20.8 Å². The number of hydrogen-bond acceptors (Lipinski definition) is 5. The van der Waals surface area contributed by atoms with E-state index in [4.69, 9.17) is 9.47 Å². The van der Waals surface area contributed by atoms with Crippen LogP contribution in [0.4, 0.5) is 0 Å². The van der Waals surface area contributed by atoms with Gasteiger partial charge >= 0.3 is 11.9 Å². The second-order valence-electron chi connectivity index (χ2n) is 7.99. The van der Waals surface area contributed by atoms with Gasteiger partial charge in [-0.15, -0.1) is 0 Å². The van der Waals surface area contributed by atoms with Gasteiger partial charge in [0.2, 0.25) is 5.91 Å². The molecule has 0 aliphatic heterocycles. The molecular weight excluding hydrogens is 382 g/mol. The van der Waals surface area contributed by atoms with Crippen molar-refractivity contribution in [2.24, 2.45) is 0 Å². The molecule has 6 heteroatoms. The van der Waals surface area contributed by atoms with Crippen LogP contribution in [0.2, 0.25) is 0 Å². The molecule has 2 aromatic carbocycles. The van der Waals surface area contributed by atoms with Crippen molar-refractivity contribution in [3.05, 3.63) is 71.8 Å². The van der Waals surface area contributed by atoms with E-state index >= 15 is 0 Å². The summed E-state index contributed by atoms with van der Waals surface area (Å²) in [5.41, 5.74) is 1.15. The van der Waals surface area contributed by atoms with Crippen LogP contribution in [0.15, 0.2) is 60.7 Å². The van der Waals surface area contributed by atoms with Crippen LogP contribution in [-0.4, -0.2) is 29.5 Å². The topological polar surface area (TPSA) is 81.7 Å². The lowest BCUT2D eigenvalue weighted by Crippen LogP contribution is -2.43. The Morgan fingerprint density at radius 1 is 0.867 bits per heavy atom. The Morgan fingerprint density at radius 2 is 1.43 bits per heavy atom. The average Bonchev–Trinajstić information content (AvgIpc) is 2.70. The Hall–Kier alpha value is -3.15. The summed E-state index contributed by atoms with van der Waals surface area (Å²) < 4.78 is 10.6. The molecule has 0 saturated carbocycles. The molecule has 0 spiro atoms. The number of hydrogen-bond donors (Lipinski definition) is 1. The van der Waals surface area contributed by atoms with E-state index in [9.17, 15) is 14.4 Å². The fraction of sp³-hybridized carbons (Fsp3) is 0.375. The molecule has 0 bridgehead atoms. The van der Waals surface area contributed by atoms with Gasteiger partial charge in [-0.3, -0.25) is 9.59 Å². The van der Waals surface area contributed by atoms with Crippen molar-refractivity contribution in [2.75, 3.05) is 0 Å². The smallest absolute Gasteiger partial charge is 0.329 e. The number of esters is 2. The van der Waals surface area contributed by atoms with Gasteiger partial charge in [0.1, 0.15) is 18.2 Å². The van der Waals surface area contributed by atoms with Gasteiger partial charge in [-0.1, -0.05) is 60.7 Å². The number of amides is 1. The van der Waals surface area contributed by atoms with E-state index in [0.717, 1.165) is 11.1 Å². The van der Waals surface area contributed by atoms with E-state index < -0.39 is 29.5 Å². The third kappa shape index (κ3) is 8.90. The molecular formula is C24H29NO5. The number of rotatable bonds is 9. The zero-order chi connectivity index (χ0) is 22.0. The zero-order valence-electron chi connectivity index (χ0n) is 17.7. The highest BCUT2D eigenvalue weighted by Gasteiger charge is 2.24. The molecule has 0 saturated heterocycles. The third-order valence-corrected chi connectivity index (χ3v) is 4.10. The normalized spacial score (nSPS) is 12.0. The first-order valence-electron chi connectivity index (χ1n) is 9.98. The first kappa shape index (κ1) is 23.1. The van der Waals surface area contributed by atoms with Crippen LogP contribution in [0.3, 0.4) is 0 Å². The lowest BCUT2D eigenvalue weighted by molar-refractivity contribution is -0.155. The summed E-state index contributed by atoms with van der Waals surface area (Å²) in [7, 11) is 0. The molecule has 0 aliphatic carbocycles. The van der Waals surface area contributed by atoms with Crippen molar-refractivity contribution in [3.63, 3.8) is 0 Å². The van der Waals surface area contributed by atoms with E-state index in [0.29, 0.717) is 6.42 Å². The summed E-state index contributed by atoms with van der Waals surface area (Å²) in [6.45, 7) is 5.43. The van der Waals surface area contributed by atoms with E-state index in [1.165, 1.54) is 0 Å². The van der Waals surface area contributed by atoms with E-state index in [-0.39, 0.29) is 19.4 Å². The molecule has 0 aromatic heterocycles. The Morgan fingerprint density at radius 3 is 2.00 bits per heavy atom. The maximum Gasteiger partial charge on any atom is 0.329 e. The Labute approximate surface area is 177 Å². The number of benzene rings is 2. The van der Waals surface area contributed by atoms with Gasteiger partial charge < -0.3 is 14.8 Å². The van der Waals surface area contributed by atoms with Crippen LogP contribution in [0.1, 0.15) is 44.7 Å². The molecule has 0 aliphatic rings. The van der Waals surface area contributed by atoms with Crippen LogP contribution < -0.4 is 5.32 Å². The first-order valence-corrected chi connectivity index (χ1v) is 9.98. The molecule has 6 nitrogen and oxygen atoms in total. The lowest BCUT2D eigenvalue weighted by Gasteiger charge is -2.20. The van der Waals surface area contributed by atoms with Crippen molar-refractivity contribution in [1.29, 1.82) is 0 Å².